The van der Waals surface area contributed by atoms with Crippen LogP contribution in [0.3, 0.4) is 0 Å². The van der Waals surface area contributed by atoms with Crippen molar-refractivity contribution in [1.82, 2.24) is 0 Å². The molecule has 2 bridgehead atoms. The molecule has 0 fully saturated rings. The topological polar surface area (TPSA) is 48.7 Å². The Bertz CT molecular complexity index is 1320. The van der Waals surface area contributed by atoms with Gasteiger partial charge in [-0.05, 0) is 25.1 Å². The number of benzene rings is 3. The number of hydrogen-bond donors (Lipinski definition) is 0. The summed E-state index contributed by atoms with van der Waals surface area (Å²) in [6.45, 7) is 2.05. The first-order valence-electron chi connectivity index (χ1n) is 9.74. The van der Waals surface area contributed by atoms with Gasteiger partial charge in [0.15, 0.2) is 0 Å². The van der Waals surface area contributed by atoms with E-state index in [4.69, 9.17) is 13.9 Å². The quantitative estimate of drug-likeness (QED) is 0.421. The number of fused-ring (bicyclic) bond motifs is 8. The summed E-state index contributed by atoms with van der Waals surface area (Å²) in [6, 6.07) is 23.5. The predicted octanol–water partition coefficient (Wildman–Crippen LogP) is 5.26. The van der Waals surface area contributed by atoms with E-state index in [9.17, 15) is 4.79 Å². The van der Waals surface area contributed by atoms with Gasteiger partial charge < -0.3 is 13.9 Å². The van der Waals surface area contributed by atoms with Gasteiger partial charge in [0, 0.05) is 23.5 Å². The van der Waals surface area contributed by atoms with E-state index < -0.39 is 5.79 Å². The summed E-state index contributed by atoms with van der Waals surface area (Å²) in [4.78, 5) is 13.0. The second-order valence-electron chi connectivity index (χ2n) is 7.75. The van der Waals surface area contributed by atoms with Crippen molar-refractivity contribution in [2.24, 2.45) is 0 Å². The fourth-order valence-electron chi connectivity index (χ4n) is 4.53. The Morgan fingerprint density at radius 1 is 0.897 bits per heavy atom. The summed E-state index contributed by atoms with van der Waals surface area (Å²) in [7, 11) is 0. The molecule has 0 unspecified atom stereocenters. The smallest absolute Gasteiger partial charge is 0.343 e. The average molecular weight is 382 g/mol. The van der Waals surface area contributed by atoms with E-state index in [-0.39, 0.29) is 11.5 Å². The van der Waals surface area contributed by atoms with Crippen molar-refractivity contribution in [2.45, 2.75) is 25.0 Å². The summed E-state index contributed by atoms with van der Waals surface area (Å²) in [6.07, 6.45) is 0.517. The number of ether oxygens (including phenoxy) is 2. The molecule has 0 amide bonds. The first kappa shape index (κ1) is 16.4. The van der Waals surface area contributed by atoms with E-state index >= 15 is 0 Å². The Kier molecular flexibility index (Phi) is 3.25. The molecule has 0 radical (unpaired) electrons. The molecule has 0 saturated heterocycles. The van der Waals surface area contributed by atoms with Crippen LogP contribution in [0.5, 0.6) is 11.5 Å². The lowest BCUT2D eigenvalue weighted by Gasteiger charge is -2.46. The molecular formula is C25H18O4. The van der Waals surface area contributed by atoms with Crippen LogP contribution < -0.4 is 15.1 Å². The molecule has 4 heteroatoms. The number of rotatable bonds is 1. The first-order chi connectivity index (χ1) is 14.1. The molecule has 6 rings (SSSR count). The van der Waals surface area contributed by atoms with E-state index in [1.165, 1.54) is 5.56 Å². The summed E-state index contributed by atoms with van der Waals surface area (Å²) in [5.74, 6) is 0.146. The maximum atomic E-state index is 13.0. The highest BCUT2D eigenvalue weighted by Gasteiger charge is 2.51. The Morgan fingerprint density at radius 3 is 2.52 bits per heavy atom. The monoisotopic (exact) mass is 382 g/mol. The molecule has 1 aromatic heterocycles. The number of aryl methyl sites for hydroxylation is 1. The van der Waals surface area contributed by atoms with Gasteiger partial charge >= 0.3 is 5.63 Å². The van der Waals surface area contributed by atoms with E-state index in [0.29, 0.717) is 23.3 Å². The molecular weight excluding hydrogens is 364 g/mol. The Labute approximate surface area is 167 Å². The van der Waals surface area contributed by atoms with Crippen molar-refractivity contribution >= 4 is 11.0 Å². The SMILES string of the molecule is Cc1ccc([C@@]23C[C@@H](c4ccccc4O2)c2c(c4ccccc4oc2=O)O3)cc1. The van der Waals surface area contributed by atoms with Crippen molar-refractivity contribution < 1.29 is 13.9 Å². The van der Waals surface area contributed by atoms with Gasteiger partial charge in [-0.1, -0.05) is 60.2 Å². The maximum Gasteiger partial charge on any atom is 0.343 e. The van der Waals surface area contributed by atoms with Crippen molar-refractivity contribution in [3.05, 3.63) is 105 Å². The number of hydrogen-bond acceptors (Lipinski definition) is 4. The van der Waals surface area contributed by atoms with Crippen LogP contribution in [0.1, 0.15) is 34.6 Å². The van der Waals surface area contributed by atoms with Crippen LogP contribution in [-0.2, 0) is 5.79 Å². The van der Waals surface area contributed by atoms with Gasteiger partial charge in [-0.3, -0.25) is 0 Å². The van der Waals surface area contributed by atoms with E-state index in [0.717, 1.165) is 22.3 Å². The maximum absolute atomic E-state index is 13.0. The highest BCUT2D eigenvalue weighted by Crippen LogP contribution is 2.55. The average Bonchev–Trinajstić information content (AvgIpc) is 2.74. The third-order valence-electron chi connectivity index (χ3n) is 5.95. The standard InChI is InChI=1S/C25H18O4/c1-15-10-12-16(13-11-15)25-14-19(17-6-2-5-9-21(17)28-25)22-23(29-25)18-7-3-4-8-20(18)27-24(22)26/h2-13,19H,14H2,1H3/t19-,25-/m0/s1. The lowest BCUT2D eigenvalue weighted by Crippen LogP contribution is -2.48. The minimum atomic E-state index is -0.990. The van der Waals surface area contributed by atoms with Crippen LogP contribution >= 0.6 is 0 Å². The number of para-hydroxylation sites is 2. The molecule has 2 atom stereocenters. The summed E-state index contributed by atoms with van der Waals surface area (Å²) in [5, 5.41) is 0.784. The zero-order valence-electron chi connectivity index (χ0n) is 15.8. The molecule has 2 aliphatic heterocycles. The van der Waals surface area contributed by atoms with Crippen LogP contribution in [-0.4, -0.2) is 0 Å². The molecule has 0 aliphatic carbocycles. The van der Waals surface area contributed by atoms with Crippen molar-refractivity contribution in [1.29, 1.82) is 0 Å². The van der Waals surface area contributed by atoms with Crippen LogP contribution in [0.25, 0.3) is 11.0 Å². The fraction of sp³-hybridized carbons (Fsp3) is 0.160. The van der Waals surface area contributed by atoms with Crippen molar-refractivity contribution in [3.63, 3.8) is 0 Å². The first-order valence-corrected chi connectivity index (χ1v) is 9.74. The van der Waals surface area contributed by atoms with Crippen molar-refractivity contribution in [3.8, 4) is 11.5 Å². The Hall–Kier alpha value is -3.53. The van der Waals surface area contributed by atoms with Crippen LogP contribution in [0.15, 0.2) is 82.0 Å². The van der Waals surface area contributed by atoms with Gasteiger partial charge in [0.1, 0.15) is 17.1 Å². The molecule has 142 valence electrons. The molecule has 4 aromatic rings. The summed E-state index contributed by atoms with van der Waals surface area (Å²) >= 11 is 0. The van der Waals surface area contributed by atoms with Gasteiger partial charge in [-0.25, -0.2) is 4.79 Å². The second-order valence-corrected chi connectivity index (χ2v) is 7.75. The van der Waals surface area contributed by atoms with Crippen LogP contribution in [0, 0.1) is 6.92 Å². The van der Waals surface area contributed by atoms with E-state index in [1.54, 1.807) is 6.07 Å². The van der Waals surface area contributed by atoms with Crippen LogP contribution in [0.4, 0.5) is 0 Å². The molecule has 3 aromatic carbocycles. The fourth-order valence-corrected chi connectivity index (χ4v) is 4.53. The zero-order valence-corrected chi connectivity index (χ0v) is 15.8. The largest absolute Gasteiger partial charge is 0.448 e. The van der Waals surface area contributed by atoms with Crippen molar-refractivity contribution in [2.75, 3.05) is 0 Å². The summed E-state index contributed by atoms with van der Waals surface area (Å²) < 4.78 is 18.7. The molecule has 4 nitrogen and oxygen atoms in total. The minimum absolute atomic E-state index is 0.161. The summed E-state index contributed by atoms with van der Waals surface area (Å²) in [5.41, 5.74) is 3.83. The van der Waals surface area contributed by atoms with Gasteiger partial charge in [0.05, 0.1) is 10.9 Å². The van der Waals surface area contributed by atoms with Gasteiger partial charge in [-0.2, -0.15) is 0 Å². The van der Waals surface area contributed by atoms with Crippen LogP contribution in [0.2, 0.25) is 0 Å². The predicted molar refractivity (Wildman–Crippen MR) is 109 cm³/mol. The van der Waals surface area contributed by atoms with E-state index in [1.807, 2.05) is 54.6 Å². The second kappa shape index (κ2) is 5.74. The molecule has 0 N–H and O–H groups in total. The molecule has 29 heavy (non-hydrogen) atoms. The highest BCUT2D eigenvalue weighted by molar-refractivity contribution is 5.85. The molecule has 0 saturated carbocycles. The molecule has 0 spiro atoms. The zero-order chi connectivity index (χ0) is 19.6. The lowest BCUT2D eigenvalue weighted by molar-refractivity contribution is -0.148. The van der Waals surface area contributed by atoms with Gasteiger partial charge in [0.2, 0.25) is 0 Å². The molecule has 2 aliphatic rings. The van der Waals surface area contributed by atoms with E-state index in [2.05, 4.69) is 19.1 Å². The highest BCUT2D eigenvalue weighted by atomic mass is 16.7. The Morgan fingerprint density at radius 2 is 1.66 bits per heavy atom. The van der Waals surface area contributed by atoms with Gasteiger partial charge in [-0.15, -0.1) is 0 Å². The third kappa shape index (κ3) is 2.29. The normalized spacial score (nSPS) is 21.6. The van der Waals surface area contributed by atoms with Gasteiger partial charge in [0.25, 0.3) is 5.79 Å². The molecule has 3 heterocycles. The Balaban J connectivity index is 1.69. The minimum Gasteiger partial charge on any atom is -0.448 e. The lowest BCUT2D eigenvalue weighted by atomic mass is 9.78. The third-order valence-corrected chi connectivity index (χ3v) is 5.95.